The number of rotatable bonds is 15. The molecule has 0 saturated heterocycles. The van der Waals surface area contributed by atoms with Gasteiger partial charge in [0, 0.05) is 23.8 Å². The second kappa shape index (κ2) is 18.1. The third kappa shape index (κ3) is 11.4. The van der Waals surface area contributed by atoms with E-state index in [-0.39, 0.29) is 65.5 Å². The van der Waals surface area contributed by atoms with E-state index in [4.69, 9.17) is 46.9 Å². The van der Waals surface area contributed by atoms with Gasteiger partial charge in [-0.1, -0.05) is 48.3 Å². The van der Waals surface area contributed by atoms with Crippen molar-refractivity contribution < 1.29 is 67.7 Å². The Kier molecular flexibility index (Phi) is 13.6. The van der Waals surface area contributed by atoms with Crippen LogP contribution in [0.4, 0.5) is 17.6 Å². The molecule has 19 heteroatoms. The van der Waals surface area contributed by atoms with Crippen LogP contribution in [0.2, 0.25) is 10.0 Å². The minimum absolute atomic E-state index is 0.00712. The van der Waals surface area contributed by atoms with E-state index in [9.17, 15) is 44.0 Å². The molecule has 0 N–H and O–H groups in total. The van der Waals surface area contributed by atoms with Gasteiger partial charge in [-0.15, -0.1) is 0 Å². The van der Waals surface area contributed by atoms with E-state index < -0.39 is 73.7 Å². The van der Waals surface area contributed by atoms with Crippen molar-refractivity contribution in [2.45, 2.75) is 35.1 Å². The zero-order chi connectivity index (χ0) is 42.4. The van der Waals surface area contributed by atoms with Gasteiger partial charge in [0.05, 0.1) is 50.4 Å². The van der Waals surface area contributed by atoms with Gasteiger partial charge < -0.3 is 23.7 Å². The number of carbonyl (C=O) groups is 2. The standard InChI is InChI=1S/C39H30Cl2F4O11S2/c1-3-57(48,49)30-8-10-36(32(40)19-30)55-28-16-26(52-2)17-29(18-28)56-38(47)21-53-37(46)14-23-12-25(39(43,44)45)15-27(13-23)54-35-11-9-31(20-33(35)41)58(50,51)22-24-6-4-5-7-34(24)42/h4-13,15-20H,3,14,21-22H2,1-2H3. The third-order valence-corrected chi connectivity index (χ3v) is 12.0. The molecule has 0 radical (unpaired) electrons. The number of sulfone groups is 2. The van der Waals surface area contributed by atoms with Gasteiger partial charge in [-0.3, -0.25) is 4.79 Å². The first kappa shape index (κ1) is 43.8. The predicted octanol–water partition coefficient (Wildman–Crippen LogP) is 9.20. The molecule has 0 bridgehead atoms. The fourth-order valence-electron chi connectivity index (χ4n) is 5.12. The fraction of sp³-hybridized carbons (Fsp3) is 0.179. The van der Waals surface area contributed by atoms with Crippen LogP contribution >= 0.6 is 23.2 Å². The van der Waals surface area contributed by atoms with Crippen LogP contribution in [0.15, 0.2) is 107 Å². The van der Waals surface area contributed by atoms with Crippen LogP contribution in [-0.2, 0) is 52.4 Å². The number of ether oxygens (including phenoxy) is 5. The first-order chi connectivity index (χ1) is 27.3. The van der Waals surface area contributed by atoms with Gasteiger partial charge in [0.1, 0.15) is 40.3 Å². The minimum Gasteiger partial charge on any atom is -0.496 e. The van der Waals surface area contributed by atoms with Crippen LogP contribution < -0.4 is 18.9 Å². The van der Waals surface area contributed by atoms with Gasteiger partial charge in [0.15, 0.2) is 26.3 Å². The predicted molar refractivity (Wildman–Crippen MR) is 203 cm³/mol. The van der Waals surface area contributed by atoms with Crippen LogP contribution in [0.25, 0.3) is 0 Å². The molecule has 5 aromatic rings. The number of carbonyl (C=O) groups excluding carboxylic acids is 2. The Morgan fingerprint density at radius 3 is 1.83 bits per heavy atom. The van der Waals surface area contributed by atoms with Crippen LogP contribution in [0, 0.1) is 5.82 Å². The summed E-state index contributed by atoms with van der Waals surface area (Å²) in [5, 5.41) is -0.309. The van der Waals surface area contributed by atoms with Crippen LogP contribution in [-0.4, -0.2) is 48.2 Å². The molecule has 0 aliphatic carbocycles. The van der Waals surface area contributed by atoms with Crippen molar-refractivity contribution in [3.8, 4) is 34.5 Å². The SMILES string of the molecule is CCS(=O)(=O)c1ccc(Oc2cc(OC)cc(OC(=O)COC(=O)Cc3cc(Oc4ccc(S(=O)(=O)Cc5ccccc5F)cc4Cl)cc(C(F)(F)F)c3)c2)c(Cl)c1. The number of esters is 2. The Bertz CT molecular complexity index is 2580. The first-order valence-electron chi connectivity index (χ1n) is 16.7. The van der Waals surface area contributed by atoms with Crippen molar-refractivity contribution in [1.82, 2.24) is 0 Å². The van der Waals surface area contributed by atoms with Gasteiger partial charge in [-0.25, -0.2) is 26.0 Å². The molecule has 5 aromatic carbocycles. The van der Waals surface area contributed by atoms with E-state index in [0.29, 0.717) is 12.1 Å². The topological polar surface area (TPSA) is 149 Å². The molecular weight excluding hydrogens is 855 g/mol. The number of halogens is 6. The molecule has 0 aromatic heterocycles. The van der Waals surface area contributed by atoms with Crippen molar-refractivity contribution in [1.29, 1.82) is 0 Å². The number of hydrogen-bond donors (Lipinski definition) is 0. The maximum absolute atomic E-state index is 14.1. The van der Waals surface area contributed by atoms with Crippen molar-refractivity contribution >= 4 is 54.8 Å². The van der Waals surface area contributed by atoms with Crippen LogP contribution in [0.1, 0.15) is 23.6 Å². The Morgan fingerprint density at radius 1 is 0.690 bits per heavy atom. The molecule has 58 heavy (non-hydrogen) atoms. The van der Waals surface area contributed by atoms with Crippen molar-refractivity contribution in [2.75, 3.05) is 19.5 Å². The van der Waals surface area contributed by atoms with Gasteiger partial charge >= 0.3 is 18.1 Å². The van der Waals surface area contributed by atoms with E-state index in [1.165, 1.54) is 68.6 Å². The van der Waals surface area contributed by atoms with Crippen LogP contribution in [0.3, 0.4) is 0 Å². The first-order valence-corrected chi connectivity index (χ1v) is 20.7. The van der Waals surface area contributed by atoms with Crippen molar-refractivity contribution in [3.05, 3.63) is 130 Å². The number of hydrogen-bond acceptors (Lipinski definition) is 11. The molecule has 0 spiro atoms. The fourth-order valence-corrected chi connectivity index (χ4v) is 7.98. The lowest BCUT2D eigenvalue weighted by atomic mass is 10.1. The summed E-state index contributed by atoms with van der Waals surface area (Å²) in [5.41, 5.74) is -1.51. The Hall–Kier alpha value is -5.36. The maximum Gasteiger partial charge on any atom is 0.416 e. The Morgan fingerprint density at radius 2 is 1.26 bits per heavy atom. The molecule has 306 valence electrons. The zero-order valence-corrected chi connectivity index (χ0v) is 33.3. The number of alkyl halides is 3. The smallest absolute Gasteiger partial charge is 0.416 e. The van der Waals surface area contributed by atoms with Gasteiger partial charge in [0.2, 0.25) is 0 Å². The minimum atomic E-state index is -4.89. The average Bonchev–Trinajstić information content (AvgIpc) is 3.15. The van der Waals surface area contributed by atoms with Gasteiger partial charge in [-0.05, 0) is 66.2 Å². The molecule has 0 heterocycles. The quantitative estimate of drug-likeness (QED) is 0.0563. The normalized spacial score (nSPS) is 11.8. The maximum atomic E-state index is 14.1. The lowest BCUT2D eigenvalue weighted by molar-refractivity contribution is -0.153. The van der Waals surface area contributed by atoms with Crippen LogP contribution in [0.5, 0.6) is 34.5 Å². The van der Waals surface area contributed by atoms with E-state index >= 15 is 0 Å². The summed E-state index contributed by atoms with van der Waals surface area (Å²) in [4.78, 5) is 25.0. The summed E-state index contributed by atoms with van der Waals surface area (Å²) in [6.07, 6.45) is -5.63. The summed E-state index contributed by atoms with van der Waals surface area (Å²) in [6, 6.07) is 18.8. The molecule has 0 saturated carbocycles. The Labute approximate surface area is 339 Å². The lowest BCUT2D eigenvalue weighted by Gasteiger charge is -2.14. The molecular formula is C39H30Cl2F4O11S2. The number of benzene rings is 5. The van der Waals surface area contributed by atoms with Crippen molar-refractivity contribution in [2.24, 2.45) is 0 Å². The summed E-state index contributed by atoms with van der Waals surface area (Å²) < 4.78 is 133. The van der Waals surface area contributed by atoms with E-state index in [1.54, 1.807) is 0 Å². The molecule has 0 atom stereocenters. The molecule has 0 unspecified atom stereocenters. The summed E-state index contributed by atoms with van der Waals surface area (Å²) >= 11 is 12.5. The highest BCUT2D eigenvalue weighted by Crippen LogP contribution is 2.38. The molecule has 5 rings (SSSR count). The average molecular weight is 886 g/mol. The van der Waals surface area contributed by atoms with Gasteiger partial charge in [-0.2, -0.15) is 13.2 Å². The molecule has 0 fully saturated rings. The second-order valence-electron chi connectivity index (χ2n) is 12.2. The summed E-state index contributed by atoms with van der Waals surface area (Å²) in [5.74, 6) is -4.19. The van der Waals surface area contributed by atoms with Gasteiger partial charge in [0.25, 0.3) is 0 Å². The second-order valence-corrected chi connectivity index (χ2v) is 17.2. The lowest BCUT2D eigenvalue weighted by Crippen LogP contribution is -2.20. The largest absolute Gasteiger partial charge is 0.496 e. The monoisotopic (exact) mass is 884 g/mol. The number of methoxy groups -OCH3 is 1. The van der Waals surface area contributed by atoms with E-state index in [2.05, 4.69) is 0 Å². The Balaban J connectivity index is 1.24. The highest BCUT2D eigenvalue weighted by molar-refractivity contribution is 7.91. The highest BCUT2D eigenvalue weighted by atomic mass is 35.5. The van der Waals surface area contributed by atoms with Crippen molar-refractivity contribution in [3.63, 3.8) is 0 Å². The summed E-state index contributed by atoms with van der Waals surface area (Å²) in [7, 11) is -6.31. The zero-order valence-electron chi connectivity index (χ0n) is 30.1. The highest BCUT2D eigenvalue weighted by Gasteiger charge is 2.32. The van der Waals surface area contributed by atoms with E-state index in [1.807, 2.05) is 0 Å². The molecule has 0 aliphatic heterocycles. The molecule has 0 aliphatic rings. The third-order valence-electron chi connectivity index (χ3n) is 7.98. The van der Waals surface area contributed by atoms with E-state index in [0.717, 1.165) is 30.3 Å². The molecule has 11 nitrogen and oxygen atoms in total. The summed E-state index contributed by atoms with van der Waals surface area (Å²) in [6.45, 7) is 0.533. The molecule has 0 amide bonds.